The summed E-state index contributed by atoms with van der Waals surface area (Å²) in [6.07, 6.45) is 1.77. The van der Waals surface area contributed by atoms with Crippen molar-refractivity contribution in [3.63, 3.8) is 0 Å². The third-order valence-corrected chi connectivity index (χ3v) is 3.84. The van der Waals surface area contributed by atoms with E-state index < -0.39 is 5.91 Å². The number of nitrogens with one attached hydrogen (secondary N) is 1. The number of amides is 3. The molecule has 3 amide bonds. The Morgan fingerprint density at radius 2 is 2.17 bits per heavy atom. The van der Waals surface area contributed by atoms with Crippen molar-refractivity contribution in [1.82, 2.24) is 9.88 Å². The fourth-order valence-electron chi connectivity index (χ4n) is 2.76. The Hall–Kier alpha value is -2.83. The number of anilines is 1. The van der Waals surface area contributed by atoms with Crippen molar-refractivity contribution < 1.29 is 14.0 Å². The topological polar surface area (TPSA) is 101 Å². The standard InChI is InChI=1S/C16H18N4O3/c1-10-7-8-13(23-10)12-5-3-9-20(12)16(22)19-14-6-2-4-11(18-14)15(17)21/h2,4,6-8,12H,3,5,9H2,1H3,(H2,17,21)(H,18,19,22)/t12-/m0/s1. The number of likely N-dealkylation sites (tertiary alicyclic amines) is 1. The third-order valence-electron chi connectivity index (χ3n) is 3.84. The minimum atomic E-state index is -0.633. The predicted octanol–water partition coefficient (Wildman–Crippen LogP) is 2.45. The number of aryl methyl sites for hydroxylation is 1. The van der Waals surface area contributed by atoms with Crippen LogP contribution in [0.15, 0.2) is 34.7 Å². The van der Waals surface area contributed by atoms with E-state index in [2.05, 4.69) is 10.3 Å². The Morgan fingerprint density at radius 3 is 2.87 bits per heavy atom. The van der Waals surface area contributed by atoms with Crippen LogP contribution < -0.4 is 11.1 Å². The summed E-state index contributed by atoms with van der Waals surface area (Å²) < 4.78 is 5.65. The van der Waals surface area contributed by atoms with Crippen LogP contribution in [0.3, 0.4) is 0 Å². The number of hydrogen-bond donors (Lipinski definition) is 2. The van der Waals surface area contributed by atoms with Crippen LogP contribution >= 0.6 is 0 Å². The van der Waals surface area contributed by atoms with E-state index in [1.807, 2.05) is 19.1 Å². The maximum Gasteiger partial charge on any atom is 0.323 e. The molecular formula is C16H18N4O3. The minimum absolute atomic E-state index is 0.0805. The van der Waals surface area contributed by atoms with Gasteiger partial charge in [-0.2, -0.15) is 0 Å². The van der Waals surface area contributed by atoms with Crippen LogP contribution in [-0.2, 0) is 0 Å². The van der Waals surface area contributed by atoms with Crippen molar-refractivity contribution in [2.75, 3.05) is 11.9 Å². The van der Waals surface area contributed by atoms with E-state index in [9.17, 15) is 9.59 Å². The molecule has 0 spiro atoms. The molecule has 3 heterocycles. The first-order chi connectivity index (χ1) is 11.0. The van der Waals surface area contributed by atoms with Gasteiger partial charge in [0.15, 0.2) is 0 Å². The van der Waals surface area contributed by atoms with Crippen molar-refractivity contribution in [2.45, 2.75) is 25.8 Å². The number of urea groups is 1. The van der Waals surface area contributed by atoms with Gasteiger partial charge in [-0.25, -0.2) is 9.78 Å². The molecule has 7 heteroatoms. The van der Waals surface area contributed by atoms with Crippen LogP contribution in [0.1, 0.15) is 40.9 Å². The second-order valence-corrected chi connectivity index (χ2v) is 5.50. The fourth-order valence-corrected chi connectivity index (χ4v) is 2.76. The molecule has 0 aromatic carbocycles. The molecule has 3 rings (SSSR count). The second-order valence-electron chi connectivity index (χ2n) is 5.50. The van der Waals surface area contributed by atoms with E-state index in [0.717, 1.165) is 24.4 Å². The van der Waals surface area contributed by atoms with E-state index in [0.29, 0.717) is 12.4 Å². The Balaban J connectivity index is 1.74. The highest BCUT2D eigenvalue weighted by atomic mass is 16.3. The lowest BCUT2D eigenvalue weighted by molar-refractivity contribution is 0.0995. The van der Waals surface area contributed by atoms with Crippen molar-refractivity contribution in [1.29, 1.82) is 0 Å². The number of furan rings is 1. The van der Waals surface area contributed by atoms with Gasteiger partial charge in [0, 0.05) is 6.54 Å². The Kier molecular flexibility index (Phi) is 4.01. The molecule has 2 aromatic heterocycles. The number of carbonyl (C=O) groups excluding carboxylic acids is 2. The SMILES string of the molecule is Cc1ccc([C@@H]2CCCN2C(=O)Nc2cccc(C(N)=O)n2)o1. The lowest BCUT2D eigenvalue weighted by Crippen LogP contribution is -2.34. The molecule has 120 valence electrons. The van der Waals surface area contributed by atoms with Gasteiger partial charge in [-0.1, -0.05) is 6.07 Å². The zero-order valence-electron chi connectivity index (χ0n) is 12.8. The number of nitrogens with zero attached hydrogens (tertiary/aromatic N) is 2. The zero-order valence-corrected chi connectivity index (χ0v) is 12.8. The summed E-state index contributed by atoms with van der Waals surface area (Å²) >= 11 is 0. The van der Waals surface area contributed by atoms with Crippen molar-refractivity contribution in [2.24, 2.45) is 5.73 Å². The lowest BCUT2D eigenvalue weighted by Gasteiger charge is -2.23. The van der Waals surface area contributed by atoms with Crippen LogP contribution in [0.25, 0.3) is 0 Å². The normalized spacial score (nSPS) is 17.3. The third kappa shape index (κ3) is 3.18. The highest BCUT2D eigenvalue weighted by molar-refractivity contribution is 5.93. The molecule has 23 heavy (non-hydrogen) atoms. The molecule has 1 aliphatic heterocycles. The summed E-state index contributed by atoms with van der Waals surface area (Å²) in [4.78, 5) is 29.4. The van der Waals surface area contributed by atoms with Gasteiger partial charge in [-0.05, 0) is 44.0 Å². The number of carbonyl (C=O) groups is 2. The zero-order chi connectivity index (χ0) is 16.4. The minimum Gasteiger partial charge on any atom is -0.464 e. The quantitative estimate of drug-likeness (QED) is 0.908. The number of nitrogens with two attached hydrogens (primary N) is 1. The number of primary amides is 1. The first-order valence-corrected chi connectivity index (χ1v) is 7.45. The average molecular weight is 314 g/mol. The van der Waals surface area contributed by atoms with Crippen LogP contribution in [0.5, 0.6) is 0 Å². The van der Waals surface area contributed by atoms with Gasteiger partial charge < -0.3 is 15.1 Å². The first kappa shape index (κ1) is 15.1. The first-order valence-electron chi connectivity index (χ1n) is 7.45. The monoisotopic (exact) mass is 314 g/mol. The van der Waals surface area contributed by atoms with Gasteiger partial charge >= 0.3 is 6.03 Å². The van der Waals surface area contributed by atoms with Gasteiger partial charge in [0.05, 0.1) is 6.04 Å². The molecule has 1 aliphatic rings. The number of aromatic nitrogens is 1. The van der Waals surface area contributed by atoms with Gasteiger partial charge in [0.1, 0.15) is 23.0 Å². The summed E-state index contributed by atoms with van der Waals surface area (Å²) in [6.45, 7) is 2.52. The fraction of sp³-hybridized carbons (Fsp3) is 0.312. The van der Waals surface area contributed by atoms with Crippen LogP contribution in [0, 0.1) is 6.92 Å². The van der Waals surface area contributed by atoms with E-state index in [-0.39, 0.29) is 17.8 Å². The van der Waals surface area contributed by atoms with Gasteiger partial charge in [0.25, 0.3) is 5.91 Å². The van der Waals surface area contributed by atoms with Gasteiger partial charge in [-0.3, -0.25) is 10.1 Å². The van der Waals surface area contributed by atoms with Gasteiger partial charge in [0.2, 0.25) is 0 Å². The molecule has 1 saturated heterocycles. The molecule has 0 unspecified atom stereocenters. The van der Waals surface area contributed by atoms with Crippen molar-refractivity contribution in [3.05, 3.63) is 47.5 Å². The van der Waals surface area contributed by atoms with Crippen LogP contribution in [0.4, 0.5) is 10.6 Å². The molecular weight excluding hydrogens is 296 g/mol. The maximum absolute atomic E-state index is 12.5. The molecule has 0 radical (unpaired) electrons. The van der Waals surface area contributed by atoms with Crippen molar-refractivity contribution >= 4 is 17.8 Å². The molecule has 0 saturated carbocycles. The lowest BCUT2D eigenvalue weighted by atomic mass is 10.2. The molecule has 3 N–H and O–H groups in total. The maximum atomic E-state index is 12.5. The Labute approximate surface area is 133 Å². The summed E-state index contributed by atoms with van der Waals surface area (Å²) in [5.41, 5.74) is 5.31. The predicted molar refractivity (Wildman–Crippen MR) is 83.9 cm³/mol. The summed E-state index contributed by atoms with van der Waals surface area (Å²) in [6, 6.07) is 8.19. The van der Waals surface area contributed by atoms with E-state index in [1.165, 1.54) is 6.07 Å². The molecule has 1 fully saturated rings. The molecule has 1 atom stereocenters. The largest absolute Gasteiger partial charge is 0.464 e. The van der Waals surface area contributed by atoms with Gasteiger partial charge in [-0.15, -0.1) is 0 Å². The van der Waals surface area contributed by atoms with Crippen molar-refractivity contribution in [3.8, 4) is 0 Å². The van der Waals surface area contributed by atoms with E-state index >= 15 is 0 Å². The summed E-state index contributed by atoms with van der Waals surface area (Å²) in [5.74, 6) is 1.27. The van der Waals surface area contributed by atoms with E-state index in [1.54, 1.807) is 17.0 Å². The summed E-state index contributed by atoms with van der Waals surface area (Å²) in [5, 5.41) is 2.71. The highest BCUT2D eigenvalue weighted by Gasteiger charge is 2.32. The molecule has 0 aliphatic carbocycles. The highest BCUT2D eigenvalue weighted by Crippen LogP contribution is 2.33. The smallest absolute Gasteiger partial charge is 0.323 e. The molecule has 2 aromatic rings. The number of rotatable bonds is 3. The number of hydrogen-bond acceptors (Lipinski definition) is 4. The summed E-state index contributed by atoms with van der Waals surface area (Å²) in [7, 11) is 0. The van der Waals surface area contributed by atoms with Crippen LogP contribution in [0.2, 0.25) is 0 Å². The second kappa shape index (κ2) is 6.12. The Bertz CT molecular complexity index is 740. The molecule has 0 bridgehead atoms. The number of pyridine rings is 1. The van der Waals surface area contributed by atoms with E-state index in [4.69, 9.17) is 10.2 Å². The van der Waals surface area contributed by atoms with Crippen LogP contribution in [-0.4, -0.2) is 28.4 Å². The Morgan fingerprint density at radius 1 is 1.35 bits per heavy atom. The molecule has 7 nitrogen and oxygen atoms in total. The average Bonchev–Trinajstić information content (AvgIpc) is 3.15.